The fourth-order valence-electron chi connectivity index (χ4n) is 2.98. The molecule has 0 atom stereocenters. The van der Waals surface area contributed by atoms with Crippen LogP contribution in [0.4, 0.5) is 0 Å². The molecule has 26 heavy (non-hydrogen) atoms. The van der Waals surface area contributed by atoms with E-state index in [4.69, 9.17) is 0 Å². The van der Waals surface area contributed by atoms with Crippen LogP contribution in [0.3, 0.4) is 0 Å². The molecule has 0 saturated heterocycles. The second-order valence-corrected chi connectivity index (χ2v) is 6.32. The third-order valence-corrected chi connectivity index (χ3v) is 4.25. The van der Waals surface area contributed by atoms with Crippen molar-refractivity contribution in [1.82, 2.24) is 24.5 Å². The van der Waals surface area contributed by atoms with Gasteiger partial charge in [0.15, 0.2) is 0 Å². The lowest BCUT2D eigenvalue weighted by Gasteiger charge is -2.16. The SMILES string of the molecule is CN(Cc1cnn(-c2ccccc2)c1)Cn1ncc2ccccc2c1=O. The van der Waals surface area contributed by atoms with Crippen LogP contribution in [0.1, 0.15) is 5.56 Å². The number of nitrogens with zero attached hydrogens (tertiary/aromatic N) is 5. The zero-order valence-corrected chi connectivity index (χ0v) is 14.5. The number of para-hydroxylation sites is 1. The minimum atomic E-state index is -0.0741. The molecular weight excluding hydrogens is 326 g/mol. The number of fused-ring (bicyclic) bond motifs is 1. The van der Waals surface area contributed by atoms with Crippen molar-refractivity contribution in [3.8, 4) is 5.69 Å². The lowest BCUT2D eigenvalue weighted by atomic mass is 10.2. The molecule has 0 aliphatic heterocycles. The molecule has 6 nitrogen and oxygen atoms in total. The highest BCUT2D eigenvalue weighted by atomic mass is 16.1. The fourth-order valence-corrected chi connectivity index (χ4v) is 2.98. The van der Waals surface area contributed by atoms with E-state index < -0.39 is 0 Å². The van der Waals surface area contributed by atoms with Gasteiger partial charge in [-0.15, -0.1) is 0 Å². The van der Waals surface area contributed by atoms with Gasteiger partial charge in [-0.3, -0.25) is 9.69 Å². The molecule has 0 N–H and O–H groups in total. The van der Waals surface area contributed by atoms with E-state index >= 15 is 0 Å². The normalized spacial score (nSPS) is 11.3. The number of benzene rings is 2. The summed E-state index contributed by atoms with van der Waals surface area (Å²) in [7, 11) is 1.96. The number of hydrogen-bond acceptors (Lipinski definition) is 4. The maximum Gasteiger partial charge on any atom is 0.275 e. The Labute approximate surface area is 150 Å². The topological polar surface area (TPSA) is 56.0 Å². The third kappa shape index (κ3) is 3.27. The largest absolute Gasteiger partial charge is 0.283 e. The molecule has 0 unspecified atom stereocenters. The summed E-state index contributed by atoms with van der Waals surface area (Å²) in [6.07, 6.45) is 5.58. The van der Waals surface area contributed by atoms with E-state index in [0.29, 0.717) is 18.6 Å². The van der Waals surface area contributed by atoms with E-state index in [1.54, 1.807) is 6.20 Å². The minimum absolute atomic E-state index is 0.0741. The van der Waals surface area contributed by atoms with Crippen LogP contribution in [-0.4, -0.2) is 31.5 Å². The van der Waals surface area contributed by atoms with Crippen LogP contribution < -0.4 is 5.56 Å². The summed E-state index contributed by atoms with van der Waals surface area (Å²) in [6, 6.07) is 17.5. The average Bonchev–Trinajstić information content (AvgIpc) is 3.13. The maximum absolute atomic E-state index is 12.6. The number of rotatable bonds is 5. The van der Waals surface area contributed by atoms with E-state index in [1.807, 2.05) is 83.6 Å². The van der Waals surface area contributed by atoms with Gasteiger partial charge < -0.3 is 0 Å². The highest BCUT2D eigenvalue weighted by Crippen LogP contribution is 2.10. The van der Waals surface area contributed by atoms with Crippen molar-refractivity contribution in [2.45, 2.75) is 13.2 Å². The summed E-state index contributed by atoms with van der Waals surface area (Å²) in [4.78, 5) is 14.6. The van der Waals surface area contributed by atoms with Crippen molar-refractivity contribution in [3.63, 3.8) is 0 Å². The predicted octanol–water partition coefficient (Wildman–Crippen LogP) is 2.67. The first-order valence-electron chi connectivity index (χ1n) is 8.43. The highest BCUT2D eigenvalue weighted by Gasteiger charge is 2.08. The predicted molar refractivity (Wildman–Crippen MR) is 101 cm³/mol. The molecule has 2 heterocycles. The molecular formula is C20H19N5O. The molecule has 6 heteroatoms. The van der Waals surface area contributed by atoms with Crippen molar-refractivity contribution in [1.29, 1.82) is 0 Å². The van der Waals surface area contributed by atoms with Gasteiger partial charge in [0.25, 0.3) is 5.56 Å². The Morgan fingerprint density at radius 2 is 1.73 bits per heavy atom. The summed E-state index contributed by atoms with van der Waals surface area (Å²) in [6.45, 7) is 1.09. The maximum atomic E-state index is 12.6. The second kappa shape index (κ2) is 6.93. The van der Waals surface area contributed by atoms with E-state index in [2.05, 4.69) is 10.2 Å². The Kier molecular flexibility index (Phi) is 4.33. The Hall–Kier alpha value is -3.25. The summed E-state index contributed by atoms with van der Waals surface area (Å²) < 4.78 is 3.34. The molecule has 0 amide bonds. The van der Waals surface area contributed by atoms with Crippen LogP contribution in [0.25, 0.3) is 16.5 Å². The molecule has 0 aliphatic carbocycles. The van der Waals surface area contributed by atoms with Crippen LogP contribution >= 0.6 is 0 Å². The van der Waals surface area contributed by atoms with Gasteiger partial charge in [0.05, 0.1) is 30.1 Å². The van der Waals surface area contributed by atoms with Gasteiger partial charge >= 0.3 is 0 Å². The first-order valence-corrected chi connectivity index (χ1v) is 8.43. The van der Waals surface area contributed by atoms with Crippen molar-refractivity contribution >= 4 is 10.8 Å². The van der Waals surface area contributed by atoms with Crippen LogP contribution in [0.2, 0.25) is 0 Å². The number of hydrogen-bond donors (Lipinski definition) is 0. The molecule has 2 aromatic heterocycles. The van der Waals surface area contributed by atoms with Gasteiger partial charge in [0.1, 0.15) is 0 Å². The van der Waals surface area contributed by atoms with Gasteiger partial charge in [-0.2, -0.15) is 10.2 Å². The summed E-state index contributed by atoms with van der Waals surface area (Å²) in [5.41, 5.74) is 2.02. The van der Waals surface area contributed by atoms with Gasteiger partial charge in [0, 0.05) is 23.7 Å². The van der Waals surface area contributed by atoms with Gasteiger partial charge in [-0.05, 0) is 25.2 Å². The van der Waals surface area contributed by atoms with Crippen molar-refractivity contribution in [2.75, 3.05) is 7.05 Å². The molecule has 2 aromatic carbocycles. The molecule has 4 rings (SSSR count). The lowest BCUT2D eigenvalue weighted by Crippen LogP contribution is -2.31. The highest BCUT2D eigenvalue weighted by molar-refractivity contribution is 5.80. The zero-order chi connectivity index (χ0) is 17.9. The molecule has 130 valence electrons. The second-order valence-electron chi connectivity index (χ2n) is 6.32. The van der Waals surface area contributed by atoms with Crippen LogP contribution in [0, 0.1) is 0 Å². The van der Waals surface area contributed by atoms with E-state index in [-0.39, 0.29) is 5.56 Å². The van der Waals surface area contributed by atoms with Crippen molar-refractivity contribution in [2.24, 2.45) is 0 Å². The molecule has 0 bridgehead atoms. The smallest absolute Gasteiger partial charge is 0.275 e. The van der Waals surface area contributed by atoms with Crippen LogP contribution in [0.15, 0.2) is 78.0 Å². The summed E-state index contributed by atoms with van der Waals surface area (Å²) >= 11 is 0. The molecule has 4 aromatic rings. The van der Waals surface area contributed by atoms with Crippen molar-refractivity contribution < 1.29 is 0 Å². The molecule has 0 fully saturated rings. The fraction of sp³-hybridized carbons (Fsp3) is 0.150. The molecule has 0 aliphatic rings. The Bertz CT molecular complexity index is 1080. The average molecular weight is 345 g/mol. The Morgan fingerprint density at radius 1 is 0.962 bits per heavy atom. The molecule has 0 saturated carbocycles. The summed E-state index contributed by atoms with van der Waals surface area (Å²) in [5, 5.41) is 10.2. The standard InChI is InChI=1S/C20H19N5O/c1-23(13-16-11-21-24(14-16)18-8-3-2-4-9-18)15-25-20(26)19-10-6-5-7-17(19)12-22-25/h2-12,14H,13,15H2,1H3. The van der Waals surface area contributed by atoms with E-state index in [0.717, 1.165) is 16.6 Å². The summed E-state index contributed by atoms with van der Waals surface area (Å²) in [5.74, 6) is 0. The van der Waals surface area contributed by atoms with E-state index in [9.17, 15) is 4.79 Å². The van der Waals surface area contributed by atoms with Crippen LogP contribution in [0.5, 0.6) is 0 Å². The van der Waals surface area contributed by atoms with Crippen molar-refractivity contribution in [3.05, 3.63) is 89.1 Å². The first-order chi connectivity index (χ1) is 12.7. The van der Waals surface area contributed by atoms with Crippen LogP contribution in [-0.2, 0) is 13.2 Å². The lowest BCUT2D eigenvalue weighted by molar-refractivity contribution is 0.241. The molecule has 0 radical (unpaired) electrons. The number of aromatic nitrogens is 4. The zero-order valence-electron chi connectivity index (χ0n) is 14.5. The first kappa shape index (κ1) is 16.2. The monoisotopic (exact) mass is 345 g/mol. The quantitative estimate of drug-likeness (QED) is 0.558. The van der Waals surface area contributed by atoms with Gasteiger partial charge in [-0.25, -0.2) is 9.36 Å². The minimum Gasteiger partial charge on any atom is -0.283 e. The third-order valence-electron chi connectivity index (χ3n) is 4.25. The molecule has 0 spiro atoms. The Morgan fingerprint density at radius 3 is 2.58 bits per heavy atom. The Balaban J connectivity index is 1.49. The van der Waals surface area contributed by atoms with Gasteiger partial charge in [0.2, 0.25) is 0 Å². The van der Waals surface area contributed by atoms with E-state index in [1.165, 1.54) is 4.68 Å². The van der Waals surface area contributed by atoms with Gasteiger partial charge in [-0.1, -0.05) is 36.4 Å².